The van der Waals surface area contributed by atoms with E-state index in [9.17, 15) is 4.79 Å². The summed E-state index contributed by atoms with van der Waals surface area (Å²) in [5.74, 6) is 0.514. The molecule has 0 saturated heterocycles. The van der Waals surface area contributed by atoms with Crippen LogP contribution in [0.4, 0.5) is 0 Å². The Bertz CT molecular complexity index is 129. The minimum atomic E-state index is -0.140. The molecule has 64 valence electrons. The highest BCUT2D eigenvalue weighted by Gasteiger charge is 2.22. The first-order valence-electron chi connectivity index (χ1n) is 3.97. The normalized spacial score (nSPS) is 16.5. The van der Waals surface area contributed by atoms with Crippen molar-refractivity contribution in [3.05, 3.63) is 0 Å². The van der Waals surface area contributed by atoms with Crippen LogP contribution >= 0.6 is 0 Å². The van der Waals surface area contributed by atoms with E-state index in [0.717, 1.165) is 0 Å². The molecular formula is C8H14O3. The van der Waals surface area contributed by atoms with Crippen molar-refractivity contribution in [2.75, 3.05) is 20.3 Å². The molecule has 0 bridgehead atoms. The number of ether oxygens (including phenoxy) is 2. The highest BCUT2D eigenvalue weighted by Crippen LogP contribution is 2.28. The Morgan fingerprint density at radius 3 is 2.82 bits per heavy atom. The SMILES string of the molecule is COCCC(=O)OCC1CC1. The Hall–Kier alpha value is -0.570. The van der Waals surface area contributed by atoms with Crippen LogP contribution in [0.2, 0.25) is 0 Å². The van der Waals surface area contributed by atoms with Gasteiger partial charge in [0.2, 0.25) is 0 Å². The first-order chi connectivity index (χ1) is 5.33. The van der Waals surface area contributed by atoms with Gasteiger partial charge in [0.25, 0.3) is 0 Å². The number of methoxy groups -OCH3 is 1. The summed E-state index contributed by atoms with van der Waals surface area (Å²) in [5, 5.41) is 0. The van der Waals surface area contributed by atoms with E-state index in [-0.39, 0.29) is 5.97 Å². The van der Waals surface area contributed by atoms with Crippen molar-refractivity contribution in [2.45, 2.75) is 19.3 Å². The summed E-state index contributed by atoms with van der Waals surface area (Å²) < 4.78 is 9.68. The van der Waals surface area contributed by atoms with Gasteiger partial charge in [-0.05, 0) is 18.8 Å². The largest absolute Gasteiger partial charge is 0.465 e. The van der Waals surface area contributed by atoms with Gasteiger partial charge in [-0.3, -0.25) is 4.79 Å². The molecule has 0 aromatic heterocycles. The Kier molecular flexibility index (Phi) is 3.36. The second-order valence-corrected chi connectivity index (χ2v) is 2.87. The molecule has 0 atom stereocenters. The Balaban J connectivity index is 1.91. The maximum absolute atomic E-state index is 10.8. The zero-order chi connectivity index (χ0) is 8.10. The zero-order valence-corrected chi connectivity index (χ0v) is 6.84. The number of esters is 1. The predicted octanol–water partition coefficient (Wildman–Crippen LogP) is 0.976. The van der Waals surface area contributed by atoms with Crippen LogP contribution in [0, 0.1) is 5.92 Å². The van der Waals surface area contributed by atoms with Crippen LogP contribution in [0.25, 0.3) is 0 Å². The molecule has 0 unspecified atom stereocenters. The van der Waals surface area contributed by atoms with Crippen LogP contribution in [0.1, 0.15) is 19.3 Å². The lowest BCUT2D eigenvalue weighted by molar-refractivity contribution is -0.145. The second-order valence-electron chi connectivity index (χ2n) is 2.87. The third kappa shape index (κ3) is 3.98. The molecule has 1 rings (SSSR count). The molecule has 0 aliphatic heterocycles. The van der Waals surface area contributed by atoms with Crippen molar-refractivity contribution in [3.63, 3.8) is 0 Å². The third-order valence-corrected chi connectivity index (χ3v) is 1.69. The smallest absolute Gasteiger partial charge is 0.308 e. The number of rotatable bonds is 5. The monoisotopic (exact) mass is 158 g/mol. The Labute approximate surface area is 66.7 Å². The molecule has 0 aromatic rings. The van der Waals surface area contributed by atoms with Gasteiger partial charge < -0.3 is 9.47 Å². The van der Waals surface area contributed by atoms with Gasteiger partial charge in [0.15, 0.2) is 0 Å². The number of carbonyl (C=O) groups excluding carboxylic acids is 1. The highest BCUT2D eigenvalue weighted by molar-refractivity contribution is 5.69. The molecule has 0 N–H and O–H groups in total. The lowest BCUT2D eigenvalue weighted by Crippen LogP contribution is -2.09. The van der Waals surface area contributed by atoms with Crippen LogP contribution in [-0.4, -0.2) is 26.3 Å². The van der Waals surface area contributed by atoms with E-state index in [1.54, 1.807) is 7.11 Å². The van der Waals surface area contributed by atoms with Crippen molar-refractivity contribution in [1.29, 1.82) is 0 Å². The van der Waals surface area contributed by atoms with Gasteiger partial charge >= 0.3 is 5.97 Å². The van der Waals surface area contributed by atoms with E-state index in [1.807, 2.05) is 0 Å². The van der Waals surface area contributed by atoms with Crippen LogP contribution in [0.15, 0.2) is 0 Å². The molecule has 0 spiro atoms. The summed E-state index contributed by atoms with van der Waals surface area (Å²) in [7, 11) is 1.58. The summed E-state index contributed by atoms with van der Waals surface area (Å²) in [4.78, 5) is 10.8. The van der Waals surface area contributed by atoms with Crippen molar-refractivity contribution in [3.8, 4) is 0 Å². The van der Waals surface area contributed by atoms with Crippen molar-refractivity contribution < 1.29 is 14.3 Å². The fourth-order valence-corrected chi connectivity index (χ4v) is 0.753. The summed E-state index contributed by atoms with van der Waals surface area (Å²) in [6.45, 7) is 1.08. The van der Waals surface area contributed by atoms with E-state index in [2.05, 4.69) is 0 Å². The van der Waals surface area contributed by atoms with Crippen LogP contribution in [-0.2, 0) is 14.3 Å². The molecule has 1 aliphatic carbocycles. The fourth-order valence-electron chi connectivity index (χ4n) is 0.753. The fraction of sp³-hybridized carbons (Fsp3) is 0.875. The zero-order valence-electron chi connectivity index (χ0n) is 6.84. The van der Waals surface area contributed by atoms with Gasteiger partial charge in [-0.25, -0.2) is 0 Å². The molecule has 1 saturated carbocycles. The average Bonchev–Trinajstić information content (AvgIpc) is 2.80. The second kappa shape index (κ2) is 4.34. The van der Waals surface area contributed by atoms with Crippen LogP contribution in [0.3, 0.4) is 0 Å². The Morgan fingerprint density at radius 1 is 1.55 bits per heavy atom. The maximum Gasteiger partial charge on any atom is 0.308 e. The average molecular weight is 158 g/mol. The van der Waals surface area contributed by atoms with Crippen molar-refractivity contribution in [1.82, 2.24) is 0 Å². The molecule has 0 aromatic carbocycles. The lowest BCUT2D eigenvalue weighted by atomic mass is 10.4. The summed E-state index contributed by atoms with van der Waals surface area (Å²) in [5.41, 5.74) is 0. The number of hydrogen-bond acceptors (Lipinski definition) is 3. The van der Waals surface area contributed by atoms with E-state index in [1.165, 1.54) is 12.8 Å². The topological polar surface area (TPSA) is 35.5 Å². The molecule has 11 heavy (non-hydrogen) atoms. The first-order valence-corrected chi connectivity index (χ1v) is 3.97. The van der Waals surface area contributed by atoms with Gasteiger partial charge in [-0.15, -0.1) is 0 Å². The van der Waals surface area contributed by atoms with Gasteiger partial charge in [0.05, 0.1) is 19.6 Å². The molecular weight excluding hydrogens is 144 g/mol. The lowest BCUT2D eigenvalue weighted by Gasteiger charge is -2.01. The Morgan fingerprint density at radius 2 is 2.27 bits per heavy atom. The third-order valence-electron chi connectivity index (χ3n) is 1.69. The minimum Gasteiger partial charge on any atom is -0.465 e. The van der Waals surface area contributed by atoms with Gasteiger partial charge in [-0.2, -0.15) is 0 Å². The molecule has 0 radical (unpaired) electrons. The van der Waals surface area contributed by atoms with Crippen molar-refractivity contribution >= 4 is 5.97 Å². The maximum atomic E-state index is 10.8. The molecule has 0 heterocycles. The van der Waals surface area contributed by atoms with Crippen LogP contribution in [0.5, 0.6) is 0 Å². The number of hydrogen-bond donors (Lipinski definition) is 0. The summed E-state index contributed by atoms with van der Waals surface area (Å²) in [6.07, 6.45) is 2.82. The van der Waals surface area contributed by atoms with Crippen molar-refractivity contribution in [2.24, 2.45) is 5.92 Å². The molecule has 1 aliphatic rings. The van der Waals surface area contributed by atoms with Gasteiger partial charge in [0.1, 0.15) is 0 Å². The van der Waals surface area contributed by atoms with Gasteiger partial charge in [-0.1, -0.05) is 0 Å². The molecule has 3 nitrogen and oxygen atoms in total. The molecule has 0 amide bonds. The summed E-state index contributed by atoms with van der Waals surface area (Å²) >= 11 is 0. The highest BCUT2D eigenvalue weighted by atomic mass is 16.5. The van der Waals surface area contributed by atoms with Gasteiger partial charge in [0, 0.05) is 7.11 Å². The molecule has 1 fully saturated rings. The van der Waals surface area contributed by atoms with E-state index >= 15 is 0 Å². The predicted molar refractivity (Wildman–Crippen MR) is 40.2 cm³/mol. The van der Waals surface area contributed by atoms with E-state index < -0.39 is 0 Å². The standard InChI is InChI=1S/C8H14O3/c1-10-5-4-8(9)11-6-7-2-3-7/h7H,2-6H2,1H3. The summed E-state index contributed by atoms with van der Waals surface area (Å²) in [6, 6.07) is 0. The van der Waals surface area contributed by atoms with E-state index in [4.69, 9.17) is 9.47 Å². The quantitative estimate of drug-likeness (QED) is 0.559. The first kappa shape index (κ1) is 8.53. The van der Waals surface area contributed by atoms with Crippen LogP contribution < -0.4 is 0 Å². The number of carbonyl (C=O) groups is 1. The molecule has 3 heteroatoms. The minimum absolute atomic E-state index is 0.140. The van der Waals surface area contributed by atoms with E-state index in [0.29, 0.717) is 25.6 Å².